The summed E-state index contributed by atoms with van der Waals surface area (Å²) >= 11 is 0. The van der Waals surface area contributed by atoms with Crippen molar-refractivity contribution < 1.29 is 14.3 Å². The van der Waals surface area contributed by atoms with Gasteiger partial charge in [-0.25, -0.2) is 4.39 Å². The minimum Gasteiger partial charge on any atom is -0.480 e. The number of carbonyl (C=O) groups is 1. The number of carboxylic acid groups (broad SMARTS) is 1. The highest BCUT2D eigenvalue weighted by Crippen LogP contribution is 2.33. The van der Waals surface area contributed by atoms with Gasteiger partial charge in [0.15, 0.2) is 0 Å². The fraction of sp³-hybridized carbons (Fsp3) is 0.571. The average Bonchev–Trinajstić information content (AvgIpc) is 2.93. The van der Waals surface area contributed by atoms with Crippen LogP contribution in [0.2, 0.25) is 0 Å². The predicted molar refractivity (Wildman–Crippen MR) is 103 cm³/mol. The molecule has 1 saturated heterocycles. The highest BCUT2D eigenvalue weighted by molar-refractivity contribution is 5.75. The summed E-state index contributed by atoms with van der Waals surface area (Å²) in [6.45, 7) is 3.97. The minimum absolute atomic E-state index is 0.305. The summed E-state index contributed by atoms with van der Waals surface area (Å²) < 4.78 is 16.3. The molecule has 0 saturated carbocycles. The van der Waals surface area contributed by atoms with Gasteiger partial charge in [-0.15, -0.1) is 10.2 Å². The SMILES string of the molecule is Cc1ccc(C(C(=O)O)N2CCC(c3nnc4n3CCCCC4)CC2)cc1F. The minimum atomic E-state index is -0.932. The number of rotatable bonds is 4. The van der Waals surface area contributed by atoms with Gasteiger partial charge in [-0.3, -0.25) is 9.69 Å². The second-order valence-corrected chi connectivity index (χ2v) is 8.00. The number of fused-ring (bicyclic) bond motifs is 1. The van der Waals surface area contributed by atoms with Gasteiger partial charge < -0.3 is 9.67 Å². The van der Waals surface area contributed by atoms with Crippen molar-refractivity contribution in [1.82, 2.24) is 19.7 Å². The van der Waals surface area contributed by atoms with Crippen molar-refractivity contribution >= 4 is 5.97 Å². The molecule has 7 heteroatoms. The van der Waals surface area contributed by atoms with Crippen molar-refractivity contribution in [2.45, 2.75) is 64.0 Å². The van der Waals surface area contributed by atoms with Crippen LogP contribution < -0.4 is 0 Å². The topological polar surface area (TPSA) is 71.2 Å². The summed E-state index contributed by atoms with van der Waals surface area (Å²) in [5, 5.41) is 18.7. The van der Waals surface area contributed by atoms with Gasteiger partial charge in [0, 0.05) is 18.9 Å². The average molecular weight is 386 g/mol. The van der Waals surface area contributed by atoms with E-state index in [-0.39, 0.29) is 5.82 Å². The number of piperidine rings is 1. The summed E-state index contributed by atoms with van der Waals surface area (Å²) in [6.07, 6.45) is 6.24. The Bertz CT molecular complexity index is 858. The molecule has 0 spiro atoms. The van der Waals surface area contributed by atoms with E-state index in [1.807, 2.05) is 4.90 Å². The number of aromatic nitrogens is 3. The van der Waals surface area contributed by atoms with Gasteiger partial charge in [0.2, 0.25) is 0 Å². The lowest BCUT2D eigenvalue weighted by molar-refractivity contribution is -0.144. The van der Waals surface area contributed by atoms with E-state index in [0.717, 1.165) is 43.9 Å². The van der Waals surface area contributed by atoms with Crippen LogP contribution in [-0.4, -0.2) is 43.8 Å². The van der Waals surface area contributed by atoms with Gasteiger partial charge in [-0.05, 0) is 62.9 Å². The Balaban J connectivity index is 1.49. The molecular weight excluding hydrogens is 359 g/mol. The second-order valence-electron chi connectivity index (χ2n) is 8.00. The van der Waals surface area contributed by atoms with E-state index in [4.69, 9.17) is 0 Å². The number of nitrogens with zero attached hydrogens (tertiary/aromatic N) is 4. The Morgan fingerprint density at radius 3 is 2.68 bits per heavy atom. The molecule has 1 fully saturated rings. The van der Waals surface area contributed by atoms with Crippen LogP contribution in [0.3, 0.4) is 0 Å². The van der Waals surface area contributed by atoms with E-state index in [2.05, 4.69) is 14.8 Å². The van der Waals surface area contributed by atoms with Crippen molar-refractivity contribution in [3.63, 3.8) is 0 Å². The van der Waals surface area contributed by atoms with E-state index in [1.54, 1.807) is 19.1 Å². The first kappa shape index (κ1) is 19.1. The van der Waals surface area contributed by atoms with Crippen LogP contribution in [0.15, 0.2) is 18.2 Å². The molecule has 1 aromatic heterocycles. The van der Waals surface area contributed by atoms with Gasteiger partial charge in [-0.1, -0.05) is 18.6 Å². The third-order valence-corrected chi connectivity index (χ3v) is 6.14. The smallest absolute Gasteiger partial charge is 0.325 e. The number of likely N-dealkylation sites (tertiary alicyclic amines) is 1. The van der Waals surface area contributed by atoms with Gasteiger partial charge in [0.1, 0.15) is 23.5 Å². The third kappa shape index (κ3) is 3.68. The van der Waals surface area contributed by atoms with Crippen LogP contribution in [0.5, 0.6) is 0 Å². The summed E-state index contributed by atoms with van der Waals surface area (Å²) in [6, 6.07) is 3.92. The van der Waals surface area contributed by atoms with E-state index in [9.17, 15) is 14.3 Å². The molecule has 28 heavy (non-hydrogen) atoms. The molecule has 0 radical (unpaired) electrons. The molecule has 0 bridgehead atoms. The first-order chi connectivity index (χ1) is 13.5. The zero-order valence-corrected chi connectivity index (χ0v) is 16.3. The lowest BCUT2D eigenvalue weighted by atomic mass is 9.93. The van der Waals surface area contributed by atoms with Gasteiger partial charge in [0.25, 0.3) is 0 Å². The number of aliphatic carboxylic acids is 1. The number of hydrogen-bond acceptors (Lipinski definition) is 4. The van der Waals surface area contributed by atoms with Crippen LogP contribution in [0, 0.1) is 12.7 Å². The molecule has 150 valence electrons. The van der Waals surface area contributed by atoms with Crippen molar-refractivity contribution in [3.05, 3.63) is 46.8 Å². The van der Waals surface area contributed by atoms with E-state index >= 15 is 0 Å². The van der Waals surface area contributed by atoms with Crippen LogP contribution in [0.4, 0.5) is 4.39 Å². The molecule has 1 unspecified atom stereocenters. The van der Waals surface area contributed by atoms with Crippen molar-refractivity contribution in [1.29, 1.82) is 0 Å². The number of halogens is 1. The molecule has 2 aliphatic rings. The van der Waals surface area contributed by atoms with Crippen molar-refractivity contribution in [2.24, 2.45) is 0 Å². The molecule has 2 aliphatic heterocycles. The third-order valence-electron chi connectivity index (χ3n) is 6.14. The lowest BCUT2D eigenvalue weighted by Crippen LogP contribution is -2.40. The summed E-state index contributed by atoms with van der Waals surface area (Å²) in [5.41, 5.74) is 1.03. The van der Waals surface area contributed by atoms with Gasteiger partial charge in [-0.2, -0.15) is 0 Å². The lowest BCUT2D eigenvalue weighted by Gasteiger charge is -2.35. The molecule has 0 aliphatic carbocycles. The Hall–Kier alpha value is -2.28. The fourth-order valence-electron chi connectivity index (χ4n) is 4.51. The molecule has 2 aromatic rings. The fourth-order valence-corrected chi connectivity index (χ4v) is 4.51. The number of benzene rings is 1. The zero-order valence-electron chi connectivity index (χ0n) is 16.3. The normalized spacial score (nSPS) is 19.8. The van der Waals surface area contributed by atoms with E-state index < -0.39 is 12.0 Å². The highest BCUT2D eigenvalue weighted by atomic mass is 19.1. The summed E-state index contributed by atoms with van der Waals surface area (Å²) in [5.74, 6) is 1.17. The standard InChI is InChI=1S/C21H27FN4O2/c1-14-6-7-16(13-17(14)22)19(21(27)28)25-11-8-15(9-12-25)20-24-23-18-5-3-2-4-10-26(18)20/h6-7,13,15,19H,2-5,8-12H2,1H3,(H,27,28). The molecule has 1 atom stereocenters. The number of aryl methyl sites for hydroxylation is 2. The molecular formula is C21H27FN4O2. The molecule has 6 nitrogen and oxygen atoms in total. The molecule has 3 heterocycles. The quantitative estimate of drug-likeness (QED) is 0.871. The first-order valence-corrected chi connectivity index (χ1v) is 10.2. The van der Waals surface area contributed by atoms with Crippen molar-refractivity contribution in [3.8, 4) is 0 Å². The zero-order chi connectivity index (χ0) is 19.7. The molecule has 0 amide bonds. The summed E-state index contributed by atoms with van der Waals surface area (Å²) in [7, 11) is 0. The number of carboxylic acids is 1. The maximum absolute atomic E-state index is 14.0. The second kappa shape index (κ2) is 7.99. The highest BCUT2D eigenvalue weighted by Gasteiger charge is 2.33. The Morgan fingerprint density at radius 1 is 1.18 bits per heavy atom. The first-order valence-electron chi connectivity index (χ1n) is 10.2. The predicted octanol–water partition coefficient (Wildman–Crippen LogP) is 3.46. The van der Waals surface area contributed by atoms with Crippen LogP contribution in [0.1, 0.15) is 66.8 Å². The Labute approximate surface area is 164 Å². The largest absolute Gasteiger partial charge is 0.480 e. The Morgan fingerprint density at radius 2 is 1.96 bits per heavy atom. The van der Waals surface area contributed by atoms with Gasteiger partial charge in [0.05, 0.1) is 0 Å². The maximum Gasteiger partial charge on any atom is 0.325 e. The molecule has 4 rings (SSSR count). The van der Waals surface area contributed by atoms with E-state index in [1.165, 1.54) is 18.9 Å². The van der Waals surface area contributed by atoms with E-state index in [0.29, 0.717) is 30.1 Å². The maximum atomic E-state index is 14.0. The molecule has 1 N–H and O–H groups in total. The van der Waals surface area contributed by atoms with Crippen LogP contribution >= 0.6 is 0 Å². The van der Waals surface area contributed by atoms with Crippen LogP contribution in [0.25, 0.3) is 0 Å². The Kier molecular flexibility index (Phi) is 5.44. The monoisotopic (exact) mass is 386 g/mol. The summed E-state index contributed by atoms with van der Waals surface area (Å²) in [4.78, 5) is 13.9. The van der Waals surface area contributed by atoms with Crippen LogP contribution in [-0.2, 0) is 17.8 Å². The molecule has 1 aromatic carbocycles. The number of hydrogen-bond donors (Lipinski definition) is 1. The van der Waals surface area contributed by atoms with Crippen molar-refractivity contribution in [2.75, 3.05) is 13.1 Å². The van der Waals surface area contributed by atoms with Gasteiger partial charge >= 0.3 is 5.97 Å².